The van der Waals surface area contributed by atoms with Crippen LogP contribution in [0, 0.1) is 5.92 Å². The molecule has 1 amide bonds. The summed E-state index contributed by atoms with van der Waals surface area (Å²) < 4.78 is 5.83. The topological polar surface area (TPSA) is 77.9 Å². The average Bonchev–Trinajstić information content (AvgIpc) is 3.34. The highest BCUT2D eigenvalue weighted by molar-refractivity contribution is 5.87. The van der Waals surface area contributed by atoms with Crippen LogP contribution >= 0.6 is 0 Å². The van der Waals surface area contributed by atoms with Gasteiger partial charge in [-0.15, -0.1) is 0 Å². The number of piperazine rings is 1. The fourth-order valence-corrected chi connectivity index (χ4v) is 5.13. The molecule has 0 bridgehead atoms. The second-order valence-corrected chi connectivity index (χ2v) is 9.56. The molecule has 2 aliphatic heterocycles. The van der Waals surface area contributed by atoms with Gasteiger partial charge < -0.3 is 20.1 Å². The molecule has 0 spiro atoms. The third kappa shape index (κ3) is 4.28. The molecule has 1 aromatic rings. The maximum Gasteiger partial charge on any atom is 0.252 e. The molecule has 1 aromatic heterocycles. The van der Waals surface area contributed by atoms with Gasteiger partial charge in [0.25, 0.3) is 5.91 Å². The second-order valence-electron chi connectivity index (χ2n) is 9.56. The van der Waals surface area contributed by atoms with E-state index in [0.29, 0.717) is 12.8 Å². The summed E-state index contributed by atoms with van der Waals surface area (Å²) in [7, 11) is 0. The minimum atomic E-state index is -1.04. The fraction of sp³-hybridized carbons (Fsp3) is 0.739. The molecule has 3 fully saturated rings. The van der Waals surface area contributed by atoms with Crippen LogP contribution in [-0.2, 0) is 11.2 Å². The van der Waals surface area contributed by atoms with Crippen LogP contribution in [0.4, 0.5) is 5.82 Å². The standard InChI is InChI=1S/C23H34N4O3/c28-22(23(29)8-9-23)25-19-3-1-17(2-4-19)6-11-26-12-14-27(15-13-26)21-20-18(5-10-24-21)7-16-30-20/h5,10,17,19,29H,1-4,6-9,11-16H2,(H,25,28)/t17-,19-. The molecule has 5 rings (SSSR count). The van der Waals surface area contributed by atoms with Crippen LogP contribution in [0.1, 0.15) is 50.5 Å². The first-order valence-corrected chi connectivity index (χ1v) is 11.7. The molecule has 2 aliphatic carbocycles. The highest BCUT2D eigenvalue weighted by atomic mass is 16.5. The van der Waals surface area contributed by atoms with Crippen LogP contribution < -0.4 is 15.0 Å². The summed E-state index contributed by atoms with van der Waals surface area (Å²) in [4.78, 5) is 21.6. The zero-order chi connectivity index (χ0) is 20.6. The third-order valence-electron chi connectivity index (χ3n) is 7.44. The first-order valence-electron chi connectivity index (χ1n) is 11.7. The van der Waals surface area contributed by atoms with Crippen molar-refractivity contribution in [1.29, 1.82) is 0 Å². The lowest BCUT2D eigenvalue weighted by Crippen LogP contribution is -2.47. The number of carbonyl (C=O) groups excluding carboxylic acids is 1. The number of anilines is 1. The van der Waals surface area contributed by atoms with E-state index in [1.54, 1.807) is 0 Å². The first-order chi connectivity index (χ1) is 14.6. The molecule has 7 nitrogen and oxygen atoms in total. The Kier molecular flexibility index (Phi) is 5.58. The lowest BCUT2D eigenvalue weighted by atomic mass is 9.84. The lowest BCUT2D eigenvalue weighted by Gasteiger charge is -2.37. The van der Waals surface area contributed by atoms with E-state index in [4.69, 9.17) is 4.74 Å². The monoisotopic (exact) mass is 414 g/mol. The van der Waals surface area contributed by atoms with Crippen molar-refractivity contribution >= 4 is 11.7 Å². The molecule has 2 saturated carbocycles. The van der Waals surface area contributed by atoms with Crippen molar-refractivity contribution in [2.75, 3.05) is 44.2 Å². The summed E-state index contributed by atoms with van der Waals surface area (Å²) in [6, 6.07) is 2.33. The number of nitrogens with zero attached hydrogens (tertiary/aromatic N) is 3. The minimum absolute atomic E-state index is 0.146. The number of carbonyl (C=O) groups is 1. The van der Waals surface area contributed by atoms with E-state index in [2.05, 4.69) is 26.2 Å². The summed E-state index contributed by atoms with van der Waals surface area (Å²) in [6.07, 6.45) is 9.86. The summed E-state index contributed by atoms with van der Waals surface area (Å²) >= 11 is 0. The Balaban J connectivity index is 1.02. The molecule has 164 valence electrons. The van der Waals surface area contributed by atoms with E-state index in [0.717, 1.165) is 76.1 Å². The largest absolute Gasteiger partial charge is 0.489 e. The average molecular weight is 415 g/mol. The zero-order valence-electron chi connectivity index (χ0n) is 17.8. The van der Waals surface area contributed by atoms with E-state index in [1.165, 1.54) is 24.8 Å². The molecule has 3 heterocycles. The Labute approximate surface area is 178 Å². The van der Waals surface area contributed by atoms with Crippen molar-refractivity contribution in [3.63, 3.8) is 0 Å². The molecule has 2 N–H and O–H groups in total. The van der Waals surface area contributed by atoms with Gasteiger partial charge in [-0.25, -0.2) is 4.98 Å². The Morgan fingerprint density at radius 3 is 2.70 bits per heavy atom. The van der Waals surface area contributed by atoms with Gasteiger partial charge in [0.15, 0.2) is 11.6 Å². The van der Waals surface area contributed by atoms with E-state index in [1.807, 2.05) is 6.20 Å². The van der Waals surface area contributed by atoms with Crippen LogP contribution in [0.25, 0.3) is 0 Å². The molecule has 4 aliphatic rings. The van der Waals surface area contributed by atoms with E-state index >= 15 is 0 Å². The lowest BCUT2D eigenvalue weighted by molar-refractivity contribution is -0.132. The third-order valence-corrected chi connectivity index (χ3v) is 7.44. The highest BCUT2D eigenvalue weighted by Crippen LogP contribution is 2.36. The predicted molar refractivity (Wildman–Crippen MR) is 115 cm³/mol. The number of aromatic nitrogens is 1. The van der Waals surface area contributed by atoms with Crippen LogP contribution in [0.2, 0.25) is 0 Å². The first kappa shape index (κ1) is 20.1. The number of hydrogen-bond donors (Lipinski definition) is 2. The Morgan fingerprint density at radius 2 is 1.97 bits per heavy atom. The number of nitrogens with one attached hydrogen (secondary N) is 1. The maximum atomic E-state index is 12.0. The van der Waals surface area contributed by atoms with Crippen LogP contribution in [-0.4, -0.2) is 71.9 Å². The number of rotatable bonds is 6. The van der Waals surface area contributed by atoms with Crippen molar-refractivity contribution in [2.24, 2.45) is 5.92 Å². The van der Waals surface area contributed by atoms with Gasteiger partial charge in [-0.1, -0.05) is 0 Å². The molecular weight excluding hydrogens is 380 g/mol. The molecule has 7 heteroatoms. The molecule has 30 heavy (non-hydrogen) atoms. The normalized spacial score (nSPS) is 28.0. The SMILES string of the molecule is O=C(N[C@H]1CC[C@H](CCN2CCN(c3nccc4c3OCC4)CC2)CC1)C1(O)CC1. The van der Waals surface area contributed by atoms with E-state index in [-0.39, 0.29) is 11.9 Å². The number of ether oxygens (including phenoxy) is 1. The van der Waals surface area contributed by atoms with Crippen molar-refractivity contribution in [3.05, 3.63) is 17.8 Å². The Bertz CT molecular complexity index is 766. The van der Waals surface area contributed by atoms with Crippen molar-refractivity contribution in [3.8, 4) is 5.75 Å². The summed E-state index contributed by atoms with van der Waals surface area (Å²) in [5, 5.41) is 13.0. The number of aliphatic hydroxyl groups is 1. The zero-order valence-corrected chi connectivity index (χ0v) is 17.8. The van der Waals surface area contributed by atoms with Gasteiger partial charge in [0.05, 0.1) is 6.61 Å². The molecule has 1 saturated heterocycles. The van der Waals surface area contributed by atoms with E-state index < -0.39 is 5.60 Å². The summed E-state index contributed by atoms with van der Waals surface area (Å²) in [6.45, 7) is 6.11. The smallest absolute Gasteiger partial charge is 0.252 e. The number of fused-ring (bicyclic) bond motifs is 1. The van der Waals surface area contributed by atoms with Crippen LogP contribution in [0.3, 0.4) is 0 Å². The van der Waals surface area contributed by atoms with Gasteiger partial charge >= 0.3 is 0 Å². The maximum absolute atomic E-state index is 12.0. The Morgan fingerprint density at radius 1 is 1.20 bits per heavy atom. The van der Waals surface area contributed by atoms with Crippen molar-refractivity contribution < 1.29 is 14.6 Å². The fourth-order valence-electron chi connectivity index (χ4n) is 5.13. The molecule has 0 unspecified atom stereocenters. The van der Waals surface area contributed by atoms with Crippen LogP contribution in [0.5, 0.6) is 5.75 Å². The summed E-state index contributed by atoms with van der Waals surface area (Å²) in [5.74, 6) is 2.64. The van der Waals surface area contributed by atoms with Gasteiger partial charge in [-0.05, 0) is 63.5 Å². The second kappa shape index (κ2) is 8.35. The highest BCUT2D eigenvalue weighted by Gasteiger charge is 2.48. The van der Waals surface area contributed by atoms with Gasteiger partial charge in [0, 0.05) is 50.4 Å². The summed E-state index contributed by atoms with van der Waals surface area (Å²) in [5.41, 5.74) is 0.251. The van der Waals surface area contributed by atoms with Gasteiger partial charge in [-0.2, -0.15) is 0 Å². The number of hydrogen-bond acceptors (Lipinski definition) is 6. The van der Waals surface area contributed by atoms with Gasteiger partial charge in [0.2, 0.25) is 0 Å². The molecule has 0 atom stereocenters. The van der Waals surface area contributed by atoms with Crippen LogP contribution in [0.15, 0.2) is 12.3 Å². The van der Waals surface area contributed by atoms with Crippen molar-refractivity contribution in [1.82, 2.24) is 15.2 Å². The van der Waals surface area contributed by atoms with E-state index in [9.17, 15) is 9.90 Å². The van der Waals surface area contributed by atoms with Crippen molar-refractivity contribution in [2.45, 2.75) is 63.0 Å². The Hall–Kier alpha value is -1.86. The molecular formula is C23H34N4O3. The predicted octanol–water partition coefficient (Wildman–Crippen LogP) is 1.73. The number of amides is 1. The van der Waals surface area contributed by atoms with Gasteiger partial charge in [0.1, 0.15) is 5.60 Å². The minimum Gasteiger partial charge on any atom is -0.489 e. The molecule has 0 radical (unpaired) electrons. The van der Waals surface area contributed by atoms with Gasteiger partial charge in [-0.3, -0.25) is 9.69 Å². The number of pyridine rings is 1. The quantitative estimate of drug-likeness (QED) is 0.738. The molecule has 0 aromatic carbocycles.